The Labute approximate surface area is 128 Å². The van der Waals surface area contributed by atoms with Crippen LogP contribution in [0.5, 0.6) is 0 Å². The van der Waals surface area contributed by atoms with Gasteiger partial charge in [0.15, 0.2) is 9.84 Å². The maximum Gasteiger partial charge on any atom is 0.159 e. The van der Waals surface area contributed by atoms with E-state index in [0.29, 0.717) is 31.8 Å². The van der Waals surface area contributed by atoms with Crippen molar-refractivity contribution in [3.63, 3.8) is 0 Å². The van der Waals surface area contributed by atoms with E-state index in [1.807, 2.05) is 6.92 Å². The van der Waals surface area contributed by atoms with Crippen LogP contribution in [0.15, 0.2) is 0 Å². The lowest BCUT2D eigenvalue weighted by Crippen LogP contribution is -2.44. The molecule has 1 heterocycles. The summed E-state index contributed by atoms with van der Waals surface area (Å²) in [5, 5.41) is 8.42. The first-order chi connectivity index (χ1) is 9.67. The summed E-state index contributed by atoms with van der Waals surface area (Å²) in [4.78, 5) is 0. The minimum atomic E-state index is -3.31. The Hall–Kier alpha value is -0.600. The highest BCUT2D eigenvalue weighted by molar-refractivity contribution is 7.92. The Balaban J connectivity index is 2.27. The molecule has 0 aromatic carbocycles. The molecule has 5 heteroatoms. The molecule has 2 fully saturated rings. The Morgan fingerprint density at radius 2 is 1.81 bits per heavy atom. The van der Waals surface area contributed by atoms with Gasteiger partial charge in [0.2, 0.25) is 0 Å². The maximum atomic E-state index is 13.0. The third kappa shape index (κ3) is 3.27. The Morgan fingerprint density at radius 3 is 2.29 bits per heavy atom. The lowest BCUT2D eigenvalue weighted by Gasteiger charge is -2.40. The second kappa shape index (κ2) is 5.89. The van der Waals surface area contributed by atoms with Crippen molar-refractivity contribution < 1.29 is 13.2 Å². The van der Waals surface area contributed by atoms with Crippen molar-refractivity contribution >= 4 is 9.84 Å². The summed E-state index contributed by atoms with van der Waals surface area (Å²) in [6.07, 6.45) is 2.59. The topological polar surface area (TPSA) is 67.2 Å². The molecule has 21 heavy (non-hydrogen) atoms. The zero-order valence-electron chi connectivity index (χ0n) is 13.5. The van der Waals surface area contributed by atoms with E-state index in [1.165, 1.54) is 0 Å². The molecule has 2 aliphatic rings. The van der Waals surface area contributed by atoms with Crippen molar-refractivity contribution in [2.45, 2.75) is 70.0 Å². The molecule has 1 aliphatic heterocycles. The molecule has 120 valence electrons. The van der Waals surface area contributed by atoms with Crippen LogP contribution >= 0.6 is 0 Å². The van der Waals surface area contributed by atoms with Crippen molar-refractivity contribution in [1.82, 2.24) is 0 Å². The summed E-state index contributed by atoms with van der Waals surface area (Å²) in [6, 6.07) is 2.25. The Bertz CT molecular complexity index is 515. The van der Waals surface area contributed by atoms with Gasteiger partial charge < -0.3 is 4.74 Å². The quantitative estimate of drug-likeness (QED) is 0.786. The van der Waals surface area contributed by atoms with Gasteiger partial charge in [-0.15, -0.1) is 0 Å². The van der Waals surface area contributed by atoms with Crippen LogP contribution in [-0.2, 0) is 14.6 Å². The fourth-order valence-electron chi connectivity index (χ4n) is 3.79. The highest BCUT2D eigenvalue weighted by Crippen LogP contribution is 2.43. The highest BCUT2D eigenvalue weighted by Gasteiger charge is 2.47. The summed E-state index contributed by atoms with van der Waals surface area (Å²) in [5.41, 5.74) is 0.0893. The van der Waals surface area contributed by atoms with E-state index in [-0.39, 0.29) is 17.4 Å². The van der Waals surface area contributed by atoms with Crippen LogP contribution in [0.3, 0.4) is 0 Å². The monoisotopic (exact) mass is 313 g/mol. The standard InChI is InChI=1S/C16H27NO3S/c1-11-14(7-8-20-11)21(18,19)15-9-13(16(2,3)4)6-5-12(15)10-17/h11-15H,5-9H2,1-4H3. The number of nitrogens with zero attached hydrogens (tertiary/aromatic N) is 1. The number of rotatable bonds is 2. The van der Waals surface area contributed by atoms with Crippen molar-refractivity contribution in [3.8, 4) is 6.07 Å². The number of nitriles is 1. The molecule has 4 nitrogen and oxygen atoms in total. The third-order valence-electron chi connectivity index (χ3n) is 5.33. The number of hydrogen-bond acceptors (Lipinski definition) is 4. The van der Waals surface area contributed by atoms with Crippen LogP contribution in [0.2, 0.25) is 0 Å². The minimum absolute atomic E-state index is 0.0893. The maximum absolute atomic E-state index is 13.0. The molecule has 1 saturated carbocycles. The summed E-state index contributed by atoms with van der Waals surface area (Å²) in [5.74, 6) is 0.000836. The van der Waals surface area contributed by atoms with Gasteiger partial charge in [-0.3, -0.25) is 0 Å². The molecule has 0 aromatic rings. The molecule has 0 spiro atoms. The van der Waals surface area contributed by atoms with Gasteiger partial charge in [-0.05, 0) is 43.9 Å². The molecule has 1 aliphatic carbocycles. The molecular formula is C16H27NO3S. The highest BCUT2D eigenvalue weighted by atomic mass is 32.2. The molecule has 0 aromatic heterocycles. The normalized spacial score (nSPS) is 38.1. The van der Waals surface area contributed by atoms with Crippen LogP contribution in [-0.4, -0.2) is 31.6 Å². The van der Waals surface area contributed by atoms with Crippen molar-refractivity contribution in [1.29, 1.82) is 5.26 Å². The average molecular weight is 313 g/mol. The molecule has 2 rings (SSSR count). The van der Waals surface area contributed by atoms with E-state index < -0.39 is 20.3 Å². The van der Waals surface area contributed by atoms with Gasteiger partial charge >= 0.3 is 0 Å². The van der Waals surface area contributed by atoms with Crippen molar-refractivity contribution in [2.75, 3.05) is 6.61 Å². The third-order valence-corrected chi connectivity index (χ3v) is 8.16. The van der Waals surface area contributed by atoms with Gasteiger partial charge in [0.1, 0.15) is 0 Å². The van der Waals surface area contributed by atoms with Gasteiger partial charge in [-0.25, -0.2) is 8.42 Å². The van der Waals surface area contributed by atoms with Crippen molar-refractivity contribution in [2.24, 2.45) is 17.3 Å². The molecule has 0 bridgehead atoms. The predicted octanol–water partition coefficient (Wildman–Crippen LogP) is 2.93. The van der Waals surface area contributed by atoms with E-state index >= 15 is 0 Å². The minimum Gasteiger partial charge on any atom is -0.377 e. The molecular weight excluding hydrogens is 286 g/mol. The molecule has 0 amide bonds. The van der Waals surface area contributed by atoms with E-state index in [4.69, 9.17) is 4.74 Å². The van der Waals surface area contributed by atoms with E-state index in [1.54, 1.807) is 0 Å². The van der Waals surface area contributed by atoms with Gasteiger partial charge in [0, 0.05) is 6.61 Å². The first-order valence-corrected chi connectivity index (χ1v) is 9.52. The number of hydrogen-bond donors (Lipinski definition) is 0. The van der Waals surface area contributed by atoms with Crippen LogP contribution in [0.1, 0.15) is 53.4 Å². The summed E-state index contributed by atoms with van der Waals surface area (Å²) >= 11 is 0. The lowest BCUT2D eigenvalue weighted by atomic mass is 9.70. The van der Waals surface area contributed by atoms with Crippen LogP contribution in [0.25, 0.3) is 0 Å². The average Bonchev–Trinajstić information content (AvgIpc) is 2.84. The van der Waals surface area contributed by atoms with Gasteiger partial charge in [-0.1, -0.05) is 20.8 Å². The smallest absolute Gasteiger partial charge is 0.159 e. The van der Waals surface area contributed by atoms with Crippen LogP contribution in [0, 0.1) is 28.6 Å². The number of ether oxygens (including phenoxy) is 1. The fraction of sp³-hybridized carbons (Fsp3) is 0.938. The van der Waals surface area contributed by atoms with Gasteiger partial charge in [-0.2, -0.15) is 5.26 Å². The molecule has 5 unspecified atom stereocenters. The van der Waals surface area contributed by atoms with Crippen LogP contribution < -0.4 is 0 Å². The Kier molecular flexibility index (Phi) is 4.70. The van der Waals surface area contributed by atoms with Gasteiger partial charge in [0.25, 0.3) is 0 Å². The Morgan fingerprint density at radius 1 is 1.14 bits per heavy atom. The first kappa shape index (κ1) is 16.8. The zero-order valence-corrected chi connectivity index (χ0v) is 14.3. The van der Waals surface area contributed by atoms with E-state index in [9.17, 15) is 13.7 Å². The first-order valence-electron chi connectivity index (χ1n) is 7.92. The zero-order chi connectivity index (χ0) is 15.8. The summed E-state index contributed by atoms with van der Waals surface area (Å²) in [6.45, 7) is 8.83. The molecule has 0 radical (unpaired) electrons. The van der Waals surface area contributed by atoms with E-state index in [0.717, 1.165) is 6.42 Å². The van der Waals surface area contributed by atoms with Gasteiger partial charge in [0.05, 0.1) is 28.6 Å². The summed E-state index contributed by atoms with van der Waals surface area (Å²) < 4.78 is 31.5. The SMILES string of the molecule is CC1OCCC1S(=O)(=O)C1CC(C(C)(C)C)CCC1C#N. The fourth-order valence-corrected chi connectivity index (χ4v) is 6.44. The second-order valence-electron chi connectivity index (χ2n) is 7.64. The largest absolute Gasteiger partial charge is 0.377 e. The predicted molar refractivity (Wildman–Crippen MR) is 82.4 cm³/mol. The lowest BCUT2D eigenvalue weighted by molar-refractivity contribution is 0.125. The van der Waals surface area contributed by atoms with Crippen LogP contribution in [0.4, 0.5) is 0 Å². The van der Waals surface area contributed by atoms with Crippen molar-refractivity contribution in [3.05, 3.63) is 0 Å². The van der Waals surface area contributed by atoms with E-state index in [2.05, 4.69) is 26.8 Å². The second-order valence-corrected chi connectivity index (χ2v) is 10.0. The molecule has 0 N–H and O–H groups in total. The molecule has 1 saturated heterocycles. The summed E-state index contributed by atoms with van der Waals surface area (Å²) in [7, 11) is -3.31. The number of sulfone groups is 1. The molecule has 5 atom stereocenters.